The van der Waals surface area contributed by atoms with E-state index in [0.717, 1.165) is 5.56 Å². The van der Waals surface area contributed by atoms with Crippen molar-refractivity contribution in [2.75, 3.05) is 38.6 Å². The maximum atomic E-state index is 13.7. The summed E-state index contributed by atoms with van der Waals surface area (Å²) in [6.07, 6.45) is -0.440. The van der Waals surface area contributed by atoms with Crippen LogP contribution in [0.5, 0.6) is 11.5 Å². The van der Waals surface area contributed by atoms with Crippen molar-refractivity contribution >= 4 is 44.8 Å². The first kappa shape index (κ1) is 31.9. The summed E-state index contributed by atoms with van der Waals surface area (Å²) < 4.78 is 41.0. The van der Waals surface area contributed by atoms with Crippen LogP contribution >= 0.6 is 23.2 Å². The molecule has 1 amide bonds. The third-order valence-electron chi connectivity index (χ3n) is 7.23. The van der Waals surface area contributed by atoms with Gasteiger partial charge in [-0.2, -0.15) is 0 Å². The molecule has 12 heteroatoms. The molecule has 0 bridgehead atoms. The van der Waals surface area contributed by atoms with Crippen molar-refractivity contribution < 1.29 is 27.8 Å². The lowest BCUT2D eigenvalue weighted by Gasteiger charge is -2.38. The van der Waals surface area contributed by atoms with Crippen molar-refractivity contribution in [3.63, 3.8) is 0 Å². The number of aliphatic hydroxyl groups excluding tert-OH is 1. The Morgan fingerprint density at radius 3 is 2.50 bits per heavy atom. The number of aliphatic hydroxyl groups is 1. The number of likely N-dealkylation sites (N-methyl/N-ethyl adjacent to an activating group) is 1. The minimum Gasteiger partial charge on any atom is -0.497 e. The number of carbonyl (C=O) groups is 1. The number of halogens is 2. The van der Waals surface area contributed by atoms with Crippen LogP contribution in [-0.4, -0.2) is 75.2 Å². The molecule has 0 unspecified atom stereocenters. The van der Waals surface area contributed by atoms with Crippen LogP contribution in [0.4, 0.5) is 5.69 Å². The standard InChI is InChI=1S/C30H35Cl2N3O6S/c1-19-15-35(20(2)18-36)30(37)24-6-5-7-27(33-42(38,39)23-11-9-22(40-4)10-12-23)29(24)41-28(19)17-34(3)16-21-8-13-25(31)26(32)14-21/h5-14,19-20,28,33,36H,15-18H2,1-4H3/t19-,20-,28+/m0/s1. The minimum absolute atomic E-state index is 0.0277. The number of nitrogens with zero attached hydrogens (tertiary/aromatic N) is 2. The molecular formula is C30H35Cl2N3O6S. The first-order valence-electron chi connectivity index (χ1n) is 13.4. The maximum Gasteiger partial charge on any atom is 0.262 e. The fourth-order valence-electron chi connectivity index (χ4n) is 4.82. The first-order valence-corrected chi connectivity index (χ1v) is 15.7. The second-order valence-corrected chi connectivity index (χ2v) is 13.0. The second-order valence-electron chi connectivity index (χ2n) is 10.5. The molecular weight excluding hydrogens is 601 g/mol. The van der Waals surface area contributed by atoms with E-state index in [1.54, 1.807) is 48.2 Å². The van der Waals surface area contributed by atoms with Gasteiger partial charge >= 0.3 is 0 Å². The van der Waals surface area contributed by atoms with Crippen LogP contribution in [0, 0.1) is 5.92 Å². The molecule has 1 aliphatic rings. The summed E-state index contributed by atoms with van der Waals surface area (Å²) >= 11 is 12.3. The van der Waals surface area contributed by atoms with E-state index in [1.165, 1.54) is 19.2 Å². The highest BCUT2D eigenvalue weighted by atomic mass is 35.5. The Balaban J connectivity index is 1.69. The molecule has 3 aromatic carbocycles. The van der Waals surface area contributed by atoms with Gasteiger partial charge in [-0.1, -0.05) is 42.3 Å². The topological polar surface area (TPSA) is 108 Å². The zero-order valence-corrected chi connectivity index (χ0v) is 26.2. The van der Waals surface area contributed by atoms with E-state index in [2.05, 4.69) is 9.62 Å². The summed E-state index contributed by atoms with van der Waals surface area (Å²) in [7, 11) is -0.593. The van der Waals surface area contributed by atoms with E-state index in [4.69, 9.17) is 32.7 Å². The third-order valence-corrected chi connectivity index (χ3v) is 9.35. The van der Waals surface area contributed by atoms with E-state index >= 15 is 0 Å². The third kappa shape index (κ3) is 7.30. The highest BCUT2D eigenvalue weighted by Gasteiger charge is 2.35. The van der Waals surface area contributed by atoms with Crippen LogP contribution in [0.25, 0.3) is 0 Å². The summed E-state index contributed by atoms with van der Waals surface area (Å²) in [5.41, 5.74) is 1.30. The lowest BCUT2D eigenvalue weighted by Crippen LogP contribution is -2.49. The molecule has 0 spiro atoms. The largest absolute Gasteiger partial charge is 0.497 e. The van der Waals surface area contributed by atoms with Crippen LogP contribution < -0.4 is 14.2 Å². The quantitative estimate of drug-likeness (QED) is 0.317. The number of rotatable bonds is 10. The Morgan fingerprint density at radius 1 is 1.14 bits per heavy atom. The Hall–Kier alpha value is -3.02. The van der Waals surface area contributed by atoms with Crippen molar-refractivity contribution in [2.24, 2.45) is 5.92 Å². The van der Waals surface area contributed by atoms with Crippen molar-refractivity contribution in [2.45, 2.75) is 37.4 Å². The number of carbonyl (C=O) groups excluding carboxylic acids is 1. The molecule has 0 aliphatic carbocycles. The predicted molar refractivity (Wildman–Crippen MR) is 164 cm³/mol. The summed E-state index contributed by atoms with van der Waals surface area (Å²) in [4.78, 5) is 17.4. The van der Waals surface area contributed by atoms with Gasteiger partial charge in [0.25, 0.3) is 15.9 Å². The van der Waals surface area contributed by atoms with Crippen molar-refractivity contribution in [1.29, 1.82) is 0 Å². The van der Waals surface area contributed by atoms with Gasteiger partial charge in [0.1, 0.15) is 11.9 Å². The number of anilines is 1. The summed E-state index contributed by atoms with van der Waals surface area (Å²) in [5.74, 6) is 0.131. The van der Waals surface area contributed by atoms with Crippen LogP contribution in [0.1, 0.15) is 29.8 Å². The van der Waals surface area contributed by atoms with Gasteiger partial charge in [0.2, 0.25) is 0 Å². The smallest absolute Gasteiger partial charge is 0.262 e. The van der Waals surface area contributed by atoms with E-state index < -0.39 is 22.2 Å². The van der Waals surface area contributed by atoms with Gasteiger partial charge in [-0.25, -0.2) is 8.42 Å². The van der Waals surface area contributed by atoms with E-state index in [1.807, 2.05) is 26.1 Å². The van der Waals surface area contributed by atoms with Gasteiger partial charge in [0.05, 0.1) is 46.0 Å². The average molecular weight is 637 g/mol. The number of nitrogens with one attached hydrogen (secondary N) is 1. The van der Waals surface area contributed by atoms with Gasteiger partial charge in [0.15, 0.2) is 5.75 Å². The van der Waals surface area contributed by atoms with E-state index in [0.29, 0.717) is 35.4 Å². The molecule has 3 aromatic rings. The first-order chi connectivity index (χ1) is 19.9. The highest BCUT2D eigenvalue weighted by molar-refractivity contribution is 7.92. The average Bonchev–Trinajstić information content (AvgIpc) is 2.96. The Bertz CT molecular complexity index is 1520. The number of para-hydroxylation sites is 1. The van der Waals surface area contributed by atoms with Crippen LogP contribution in [0.3, 0.4) is 0 Å². The lowest BCUT2D eigenvalue weighted by molar-refractivity contribution is 0.0344. The second kappa shape index (κ2) is 13.5. The van der Waals surface area contributed by atoms with Gasteiger partial charge < -0.3 is 19.5 Å². The van der Waals surface area contributed by atoms with Crippen LogP contribution in [0.15, 0.2) is 65.6 Å². The van der Waals surface area contributed by atoms with Crippen molar-refractivity contribution in [3.05, 3.63) is 81.8 Å². The van der Waals surface area contributed by atoms with Gasteiger partial charge in [-0.15, -0.1) is 0 Å². The zero-order chi connectivity index (χ0) is 30.6. The number of methoxy groups -OCH3 is 1. The Kier molecular flexibility index (Phi) is 10.3. The number of hydrogen-bond donors (Lipinski definition) is 2. The Morgan fingerprint density at radius 2 is 1.86 bits per heavy atom. The fourth-order valence-corrected chi connectivity index (χ4v) is 6.20. The molecule has 42 heavy (non-hydrogen) atoms. The summed E-state index contributed by atoms with van der Waals surface area (Å²) in [6, 6.07) is 15.8. The van der Waals surface area contributed by atoms with Crippen LogP contribution in [-0.2, 0) is 16.6 Å². The van der Waals surface area contributed by atoms with Gasteiger partial charge in [0, 0.05) is 25.6 Å². The van der Waals surface area contributed by atoms with Gasteiger partial charge in [-0.05, 0) is 68.1 Å². The number of hydrogen-bond acceptors (Lipinski definition) is 7. The molecule has 3 atom stereocenters. The molecule has 0 aromatic heterocycles. The van der Waals surface area contributed by atoms with E-state index in [9.17, 15) is 18.3 Å². The number of fused-ring (bicyclic) bond motifs is 1. The molecule has 0 fully saturated rings. The SMILES string of the molecule is COc1ccc(S(=O)(=O)Nc2cccc3c2O[C@H](CN(C)Cc2ccc(Cl)c(Cl)c2)[C@@H](C)CN([C@@H](C)CO)C3=O)cc1. The fraction of sp³-hybridized carbons (Fsp3) is 0.367. The number of sulfonamides is 1. The number of ether oxygens (including phenoxy) is 2. The molecule has 0 radical (unpaired) electrons. The molecule has 1 heterocycles. The molecule has 1 aliphatic heterocycles. The monoisotopic (exact) mass is 635 g/mol. The molecule has 4 rings (SSSR count). The normalized spacial score (nSPS) is 18.1. The Labute approximate surface area is 257 Å². The molecule has 9 nitrogen and oxygen atoms in total. The van der Waals surface area contributed by atoms with Crippen molar-refractivity contribution in [1.82, 2.24) is 9.80 Å². The van der Waals surface area contributed by atoms with Gasteiger partial charge in [-0.3, -0.25) is 14.4 Å². The van der Waals surface area contributed by atoms with E-state index in [-0.39, 0.29) is 40.3 Å². The molecule has 2 N–H and O–H groups in total. The predicted octanol–water partition coefficient (Wildman–Crippen LogP) is 5.15. The zero-order valence-electron chi connectivity index (χ0n) is 23.9. The molecule has 0 saturated heterocycles. The number of benzene rings is 3. The number of amides is 1. The van der Waals surface area contributed by atoms with Crippen LogP contribution in [0.2, 0.25) is 10.0 Å². The van der Waals surface area contributed by atoms with Crippen molar-refractivity contribution in [3.8, 4) is 11.5 Å². The summed E-state index contributed by atoms with van der Waals surface area (Å²) in [5, 5.41) is 10.9. The highest BCUT2D eigenvalue weighted by Crippen LogP contribution is 2.36. The lowest BCUT2D eigenvalue weighted by atomic mass is 9.99. The molecule has 0 saturated carbocycles. The maximum absolute atomic E-state index is 13.7. The minimum atomic E-state index is -4.03. The summed E-state index contributed by atoms with van der Waals surface area (Å²) in [6.45, 7) is 4.87. The molecule has 226 valence electrons.